The summed E-state index contributed by atoms with van der Waals surface area (Å²) in [5, 5.41) is 6.64. The van der Waals surface area contributed by atoms with Crippen LogP contribution in [0.3, 0.4) is 0 Å². The first-order valence-electron chi connectivity index (χ1n) is 9.87. The number of aliphatic imine (C=N–C) groups is 1. The summed E-state index contributed by atoms with van der Waals surface area (Å²) < 4.78 is 22.6. The highest BCUT2D eigenvalue weighted by atomic mass is 16.5. The summed E-state index contributed by atoms with van der Waals surface area (Å²) >= 11 is 0. The number of hydrogen-bond donors (Lipinski definition) is 2. The largest absolute Gasteiger partial charge is 0.490 e. The number of nitrogens with zero attached hydrogens (tertiary/aromatic N) is 1. The molecular weight excluding hydrogens is 346 g/mol. The van der Waals surface area contributed by atoms with Crippen LogP contribution in [0.15, 0.2) is 23.2 Å². The second-order valence-corrected chi connectivity index (χ2v) is 6.75. The zero-order valence-electron chi connectivity index (χ0n) is 16.2. The molecule has 1 fully saturated rings. The van der Waals surface area contributed by atoms with E-state index < -0.39 is 0 Å². The number of ether oxygens (including phenoxy) is 4. The molecule has 27 heavy (non-hydrogen) atoms. The lowest BCUT2D eigenvalue weighted by Crippen LogP contribution is -2.37. The Hall–Kier alpha value is -1.99. The molecule has 2 N–H and O–H groups in total. The van der Waals surface area contributed by atoms with Crippen molar-refractivity contribution >= 4 is 5.96 Å². The molecule has 1 atom stereocenters. The minimum atomic E-state index is 0.294. The van der Waals surface area contributed by atoms with Gasteiger partial charge in [0, 0.05) is 39.8 Å². The van der Waals surface area contributed by atoms with Gasteiger partial charge in [-0.05, 0) is 37.0 Å². The van der Waals surface area contributed by atoms with Crippen LogP contribution in [0.2, 0.25) is 0 Å². The maximum atomic E-state index is 5.74. The number of guanidine groups is 1. The third-order valence-electron chi connectivity index (χ3n) is 4.58. The Morgan fingerprint density at radius 1 is 1.15 bits per heavy atom. The molecule has 2 aliphatic rings. The van der Waals surface area contributed by atoms with Gasteiger partial charge in [0.2, 0.25) is 0 Å². The van der Waals surface area contributed by atoms with Crippen LogP contribution in [0.5, 0.6) is 11.5 Å². The summed E-state index contributed by atoms with van der Waals surface area (Å²) in [6.07, 6.45) is 4.41. The molecule has 2 heterocycles. The van der Waals surface area contributed by atoms with E-state index in [1.807, 2.05) is 18.2 Å². The Morgan fingerprint density at radius 3 is 2.85 bits per heavy atom. The number of hydrogen-bond acceptors (Lipinski definition) is 5. The van der Waals surface area contributed by atoms with Crippen LogP contribution in [-0.4, -0.2) is 58.7 Å². The SMILES string of the molecule is CN=C(NCCCOCC1CCCO1)NCc1ccc2c(c1)OCCCO2. The van der Waals surface area contributed by atoms with Crippen molar-refractivity contribution in [2.24, 2.45) is 4.99 Å². The van der Waals surface area contributed by atoms with Gasteiger partial charge in [-0.3, -0.25) is 4.99 Å². The first kappa shape index (κ1) is 19.8. The highest BCUT2D eigenvalue weighted by Gasteiger charge is 2.15. The molecule has 1 saturated heterocycles. The smallest absolute Gasteiger partial charge is 0.191 e. The quantitative estimate of drug-likeness (QED) is 0.411. The van der Waals surface area contributed by atoms with Gasteiger partial charge in [-0.2, -0.15) is 0 Å². The second-order valence-electron chi connectivity index (χ2n) is 6.75. The van der Waals surface area contributed by atoms with Gasteiger partial charge in [-0.1, -0.05) is 6.07 Å². The summed E-state index contributed by atoms with van der Waals surface area (Å²) in [7, 11) is 1.78. The fraction of sp³-hybridized carbons (Fsp3) is 0.650. The molecule has 0 radical (unpaired) electrons. The summed E-state index contributed by atoms with van der Waals surface area (Å²) in [4.78, 5) is 4.26. The van der Waals surface area contributed by atoms with E-state index in [1.54, 1.807) is 7.05 Å². The highest BCUT2D eigenvalue weighted by molar-refractivity contribution is 5.79. The normalized spacial score (nSPS) is 19.6. The highest BCUT2D eigenvalue weighted by Crippen LogP contribution is 2.30. The fourth-order valence-electron chi connectivity index (χ4n) is 3.10. The zero-order chi connectivity index (χ0) is 18.7. The van der Waals surface area contributed by atoms with Gasteiger partial charge in [0.15, 0.2) is 17.5 Å². The molecule has 0 aromatic heterocycles. The van der Waals surface area contributed by atoms with Gasteiger partial charge < -0.3 is 29.6 Å². The molecule has 7 heteroatoms. The molecule has 0 amide bonds. The number of fused-ring (bicyclic) bond motifs is 1. The number of nitrogens with one attached hydrogen (secondary N) is 2. The second kappa shape index (κ2) is 11.0. The average Bonchev–Trinajstić information content (AvgIpc) is 3.10. The molecular formula is C20H31N3O4. The minimum Gasteiger partial charge on any atom is -0.490 e. The molecule has 1 aromatic carbocycles. The monoisotopic (exact) mass is 377 g/mol. The van der Waals surface area contributed by atoms with Gasteiger partial charge in [0.05, 0.1) is 25.9 Å². The first-order valence-corrected chi connectivity index (χ1v) is 9.87. The molecule has 150 valence electrons. The molecule has 2 aliphatic heterocycles. The minimum absolute atomic E-state index is 0.294. The van der Waals surface area contributed by atoms with Gasteiger partial charge in [-0.15, -0.1) is 0 Å². The van der Waals surface area contributed by atoms with Crippen LogP contribution >= 0.6 is 0 Å². The lowest BCUT2D eigenvalue weighted by Gasteiger charge is -2.14. The Balaban J connectivity index is 1.32. The Morgan fingerprint density at radius 2 is 2.04 bits per heavy atom. The third-order valence-corrected chi connectivity index (χ3v) is 4.58. The van der Waals surface area contributed by atoms with Crippen molar-refractivity contribution in [2.75, 3.05) is 46.6 Å². The Bertz CT molecular complexity index is 603. The van der Waals surface area contributed by atoms with E-state index in [0.717, 1.165) is 68.5 Å². The summed E-state index contributed by atoms with van der Waals surface area (Å²) in [5.41, 5.74) is 1.13. The maximum Gasteiger partial charge on any atom is 0.191 e. The van der Waals surface area contributed by atoms with Gasteiger partial charge in [0.25, 0.3) is 0 Å². The van der Waals surface area contributed by atoms with E-state index in [1.165, 1.54) is 0 Å². The van der Waals surface area contributed by atoms with Crippen molar-refractivity contribution in [3.8, 4) is 11.5 Å². The molecule has 0 aliphatic carbocycles. The molecule has 0 saturated carbocycles. The average molecular weight is 377 g/mol. The van der Waals surface area contributed by atoms with Crippen molar-refractivity contribution in [1.82, 2.24) is 10.6 Å². The predicted molar refractivity (Wildman–Crippen MR) is 105 cm³/mol. The van der Waals surface area contributed by atoms with Gasteiger partial charge >= 0.3 is 0 Å². The van der Waals surface area contributed by atoms with Crippen molar-refractivity contribution < 1.29 is 18.9 Å². The van der Waals surface area contributed by atoms with E-state index in [0.29, 0.717) is 32.5 Å². The summed E-state index contributed by atoms with van der Waals surface area (Å²) in [6, 6.07) is 6.05. The van der Waals surface area contributed by atoms with E-state index in [2.05, 4.69) is 15.6 Å². The van der Waals surface area contributed by atoms with Crippen molar-refractivity contribution in [3.63, 3.8) is 0 Å². The molecule has 0 bridgehead atoms. The standard InChI is InChI=1S/C20H31N3O4/c1-21-20(22-8-3-9-24-15-17-5-2-10-25-17)23-14-16-6-7-18-19(13-16)27-12-4-11-26-18/h6-7,13,17H,2-5,8-12,14-15H2,1H3,(H2,21,22,23). The third kappa shape index (κ3) is 6.59. The van der Waals surface area contributed by atoms with E-state index >= 15 is 0 Å². The van der Waals surface area contributed by atoms with Gasteiger partial charge in [0.1, 0.15) is 0 Å². The molecule has 3 rings (SSSR count). The molecule has 7 nitrogen and oxygen atoms in total. The van der Waals surface area contributed by atoms with Crippen molar-refractivity contribution in [3.05, 3.63) is 23.8 Å². The zero-order valence-corrected chi connectivity index (χ0v) is 16.2. The Kier molecular flexibility index (Phi) is 8.04. The maximum absolute atomic E-state index is 5.74. The molecule has 0 spiro atoms. The first-order chi connectivity index (χ1) is 13.3. The Labute approximate surface area is 161 Å². The molecule has 1 unspecified atom stereocenters. The van der Waals surface area contributed by atoms with E-state index in [4.69, 9.17) is 18.9 Å². The fourth-order valence-corrected chi connectivity index (χ4v) is 3.10. The van der Waals surface area contributed by atoms with E-state index in [-0.39, 0.29) is 0 Å². The predicted octanol–water partition coefficient (Wildman–Crippen LogP) is 2.10. The lowest BCUT2D eigenvalue weighted by molar-refractivity contribution is 0.0168. The van der Waals surface area contributed by atoms with Crippen LogP contribution in [-0.2, 0) is 16.0 Å². The topological polar surface area (TPSA) is 73.3 Å². The lowest BCUT2D eigenvalue weighted by atomic mass is 10.2. The summed E-state index contributed by atoms with van der Waals surface area (Å²) in [6.45, 7) is 5.20. The van der Waals surface area contributed by atoms with Gasteiger partial charge in [-0.25, -0.2) is 0 Å². The number of rotatable bonds is 8. The molecule has 1 aromatic rings. The van der Waals surface area contributed by atoms with Crippen LogP contribution in [0.4, 0.5) is 0 Å². The van der Waals surface area contributed by atoms with Crippen LogP contribution in [0.25, 0.3) is 0 Å². The van der Waals surface area contributed by atoms with Crippen LogP contribution in [0.1, 0.15) is 31.2 Å². The van der Waals surface area contributed by atoms with E-state index in [9.17, 15) is 0 Å². The summed E-state index contributed by atoms with van der Waals surface area (Å²) in [5.74, 6) is 2.42. The van der Waals surface area contributed by atoms with Crippen LogP contribution < -0.4 is 20.1 Å². The van der Waals surface area contributed by atoms with Crippen LogP contribution in [0, 0.1) is 0 Å². The van der Waals surface area contributed by atoms with Crippen molar-refractivity contribution in [2.45, 2.75) is 38.3 Å². The number of benzene rings is 1. The van der Waals surface area contributed by atoms with Crippen molar-refractivity contribution in [1.29, 1.82) is 0 Å².